The van der Waals surface area contributed by atoms with E-state index in [9.17, 15) is 0 Å². The molecule has 1 saturated heterocycles. The Hall–Kier alpha value is -0.540. The summed E-state index contributed by atoms with van der Waals surface area (Å²) in [4.78, 5) is 2.51. The first kappa shape index (κ1) is 12.9. The van der Waals surface area contributed by atoms with Crippen molar-refractivity contribution in [1.82, 2.24) is 0 Å². The lowest BCUT2D eigenvalue weighted by Gasteiger charge is -2.35. The number of anilines is 1. The zero-order valence-electron chi connectivity index (χ0n) is 10.5. The van der Waals surface area contributed by atoms with Crippen LogP contribution in [0.15, 0.2) is 22.7 Å². The standard InChI is InChI=1S/C14H21BrN2/c1-2-11-4-3-7-17(10-11)14-6-5-13(15)8-12(14)9-16/h5-6,8,11H,2-4,7,9-10,16H2,1H3. The molecule has 1 fully saturated rings. The van der Waals surface area contributed by atoms with Gasteiger partial charge < -0.3 is 10.6 Å². The van der Waals surface area contributed by atoms with Crippen LogP contribution in [0.1, 0.15) is 31.7 Å². The fraction of sp³-hybridized carbons (Fsp3) is 0.571. The summed E-state index contributed by atoms with van der Waals surface area (Å²) in [6.07, 6.45) is 3.96. The van der Waals surface area contributed by atoms with Gasteiger partial charge in [-0.2, -0.15) is 0 Å². The summed E-state index contributed by atoms with van der Waals surface area (Å²) in [5.41, 5.74) is 8.42. The van der Waals surface area contributed by atoms with Gasteiger partial charge in [0.2, 0.25) is 0 Å². The van der Waals surface area contributed by atoms with Crippen LogP contribution in [0.4, 0.5) is 5.69 Å². The highest BCUT2D eigenvalue weighted by molar-refractivity contribution is 9.10. The van der Waals surface area contributed by atoms with Crippen LogP contribution in [0.2, 0.25) is 0 Å². The van der Waals surface area contributed by atoms with Gasteiger partial charge in [-0.15, -0.1) is 0 Å². The molecular weight excluding hydrogens is 276 g/mol. The summed E-state index contributed by atoms with van der Waals surface area (Å²) in [5, 5.41) is 0. The van der Waals surface area contributed by atoms with Crippen molar-refractivity contribution in [2.45, 2.75) is 32.7 Å². The molecule has 0 spiro atoms. The van der Waals surface area contributed by atoms with Gasteiger partial charge in [0.15, 0.2) is 0 Å². The summed E-state index contributed by atoms with van der Waals surface area (Å²) in [5.74, 6) is 0.845. The number of benzene rings is 1. The molecular formula is C14H21BrN2. The first-order valence-corrected chi connectivity index (χ1v) is 7.27. The predicted octanol–water partition coefficient (Wildman–Crippen LogP) is 3.53. The monoisotopic (exact) mass is 296 g/mol. The molecule has 1 aliphatic rings. The van der Waals surface area contributed by atoms with E-state index in [4.69, 9.17) is 5.73 Å². The summed E-state index contributed by atoms with van der Waals surface area (Å²) in [6, 6.07) is 6.46. The highest BCUT2D eigenvalue weighted by Crippen LogP contribution is 2.29. The molecule has 17 heavy (non-hydrogen) atoms. The molecule has 2 rings (SSSR count). The van der Waals surface area contributed by atoms with Crippen molar-refractivity contribution in [3.05, 3.63) is 28.2 Å². The minimum absolute atomic E-state index is 0.613. The summed E-state index contributed by atoms with van der Waals surface area (Å²) in [7, 11) is 0. The maximum atomic E-state index is 5.85. The number of halogens is 1. The van der Waals surface area contributed by atoms with Gasteiger partial charge in [-0.3, -0.25) is 0 Å². The molecule has 1 aliphatic heterocycles. The Kier molecular flexibility index (Phi) is 4.46. The smallest absolute Gasteiger partial charge is 0.0412 e. The van der Waals surface area contributed by atoms with Crippen LogP contribution >= 0.6 is 15.9 Å². The maximum absolute atomic E-state index is 5.85. The van der Waals surface area contributed by atoms with E-state index in [0.29, 0.717) is 6.54 Å². The number of nitrogens with two attached hydrogens (primary N) is 1. The topological polar surface area (TPSA) is 29.3 Å². The molecule has 0 bridgehead atoms. The summed E-state index contributed by atoms with van der Waals surface area (Å²) >= 11 is 3.51. The zero-order chi connectivity index (χ0) is 12.3. The molecule has 0 aliphatic carbocycles. The number of nitrogens with zero attached hydrogens (tertiary/aromatic N) is 1. The number of rotatable bonds is 3. The van der Waals surface area contributed by atoms with Crippen molar-refractivity contribution >= 4 is 21.6 Å². The number of piperidine rings is 1. The van der Waals surface area contributed by atoms with E-state index in [-0.39, 0.29) is 0 Å². The minimum Gasteiger partial charge on any atom is -0.371 e. The van der Waals surface area contributed by atoms with Gasteiger partial charge in [-0.05, 0) is 42.5 Å². The molecule has 0 aromatic heterocycles. The lowest BCUT2D eigenvalue weighted by Crippen LogP contribution is -2.35. The number of hydrogen-bond acceptors (Lipinski definition) is 2. The molecule has 1 aromatic carbocycles. The fourth-order valence-electron chi connectivity index (χ4n) is 2.64. The van der Waals surface area contributed by atoms with Gasteiger partial charge in [0, 0.05) is 29.8 Å². The highest BCUT2D eigenvalue weighted by atomic mass is 79.9. The van der Waals surface area contributed by atoms with Crippen molar-refractivity contribution in [2.24, 2.45) is 11.7 Å². The Morgan fingerprint density at radius 3 is 3.00 bits per heavy atom. The van der Waals surface area contributed by atoms with Crippen LogP contribution in [-0.4, -0.2) is 13.1 Å². The molecule has 1 atom stereocenters. The van der Waals surface area contributed by atoms with E-state index in [1.807, 2.05) is 0 Å². The third-order valence-electron chi connectivity index (χ3n) is 3.70. The average Bonchev–Trinajstić information content (AvgIpc) is 2.38. The van der Waals surface area contributed by atoms with E-state index >= 15 is 0 Å². The van der Waals surface area contributed by atoms with Crippen LogP contribution in [0.25, 0.3) is 0 Å². The summed E-state index contributed by atoms with van der Waals surface area (Å²) < 4.78 is 1.12. The number of hydrogen-bond donors (Lipinski definition) is 1. The second-order valence-electron chi connectivity index (χ2n) is 4.84. The van der Waals surface area contributed by atoms with Crippen LogP contribution in [0.5, 0.6) is 0 Å². The van der Waals surface area contributed by atoms with E-state index < -0.39 is 0 Å². The molecule has 2 N–H and O–H groups in total. The van der Waals surface area contributed by atoms with Gasteiger partial charge in [0.05, 0.1) is 0 Å². The lowest BCUT2D eigenvalue weighted by atomic mass is 9.95. The van der Waals surface area contributed by atoms with Gasteiger partial charge in [-0.25, -0.2) is 0 Å². The van der Waals surface area contributed by atoms with Gasteiger partial charge in [-0.1, -0.05) is 29.3 Å². The fourth-order valence-corrected chi connectivity index (χ4v) is 3.05. The summed E-state index contributed by atoms with van der Waals surface area (Å²) in [6.45, 7) is 5.26. The SMILES string of the molecule is CCC1CCCN(c2ccc(Br)cc2CN)C1. The highest BCUT2D eigenvalue weighted by Gasteiger charge is 2.20. The van der Waals surface area contributed by atoms with Crippen molar-refractivity contribution in [2.75, 3.05) is 18.0 Å². The normalized spacial score (nSPS) is 20.6. The Balaban J connectivity index is 2.20. The molecule has 0 amide bonds. The molecule has 1 heterocycles. The molecule has 1 aromatic rings. The van der Waals surface area contributed by atoms with Gasteiger partial charge in [0.1, 0.15) is 0 Å². The van der Waals surface area contributed by atoms with Crippen molar-refractivity contribution in [3.8, 4) is 0 Å². The zero-order valence-corrected chi connectivity index (χ0v) is 12.0. The minimum atomic E-state index is 0.613. The van der Waals surface area contributed by atoms with Gasteiger partial charge >= 0.3 is 0 Å². The predicted molar refractivity (Wildman–Crippen MR) is 77.3 cm³/mol. The molecule has 1 unspecified atom stereocenters. The Morgan fingerprint density at radius 2 is 2.29 bits per heavy atom. The van der Waals surface area contributed by atoms with E-state index in [2.05, 4.69) is 46.0 Å². The van der Waals surface area contributed by atoms with E-state index in [1.54, 1.807) is 0 Å². The van der Waals surface area contributed by atoms with Crippen molar-refractivity contribution in [3.63, 3.8) is 0 Å². The second-order valence-corrected chi connectivity index (χ2v) is 5.76. The van der Waals surface area contributed by atoms with Crippen LogP contribution in [-0.2, 0) is 6.54 Å². The molecule has 3 heteroatoms. The molecule has 2 nitrogen and oxygen atoms in total. The van der Waals surface area contributed by atoms with Crippen LogP contribution < -0.4 is 10.6 Å². The van der Waals surface area contributed by atoms with E-state index in [0.717, 1.165) is 10.4 Å². The molecule has 0 saturated carbocycles. The quantitative estimate of drug-likeness (QED) is 0.924. The third-order valence-corrected chi connectivity index (χ3v) is 4.19. The van der Waals surface area contributed by atoms with Gasteiger partial charge in [0.25, 0.3) is 0 Å². The largest absolute Gasteiger partial charge is 0.371 e. The maximum Gasteiger partial charge on any atom is 0.0412 e. The van der Waals surface area contributed by atoms with Crippen molar-refractivity contribution < 1.29 is 0 Å². The first-order chi connectivity index (χ1) is 8.24. The Labute approximate surface area is 112 Å². The Morgan fingerprint density at radius 1 is 1.47 bits per heavy atom. The average molecular weight is 297 g/mol. The lowest BCUT2D eigenvalue weighted by molar-refractivity contribution is 0.404. The van der Waals surface area contributed by atoms with Crippen LogP contribution in [0, 0.1) is 5.92 Å². The van der Waals surface area contributed by atoms with E-state index in [1.165, 1.54) is 43.6 Å². The van der Waals surface area contributed by atoms with Crippen LogP contribution in [0.3, 0.4) is 0 Å². The Bertz CT molecular complexity index is 378. The molecule has 94 valence electrons. The van der Waals surface area contributed by atoms with Crippen molar-refractivity contribution in [1.29, 1.82) is 0 Å². The second kappa shape index (κ2) is 5.87. The molecule has 0 radical (unpaired) electrons. The first-order valence-electron chi connectivity index (χ1n) is 6.48. The third kappa shape index (κ3) is 3.02.